The summed E-state index contributed by atoms with van der Waals surface area (Å²) in [5.41, 5.74) is 1.48. The molecule has 3 rings (SSSR count). The van der Waals surface area contributed by atoms with E-state index < -0.39 is 0 Å². The molecule has 2 aliphatic rings. The van der Waals surface area contributed by atoms with Crippen molar-refractivity contribution >= 4 is 11.6 Å². The van der Waals surface area contributed by atoms with Crippen LogP contribution in [0.25, 0.3) is 0 Å². The molecule has 96 valence electrons. The van der Waals surface area contributed by atoms with Crippen LogP contribution in [0.4, 0.5) is 5.69 Å². The molecule has 18 heavy (non-hydrogen) atoms. The number of phenols is 1. The third-order valence-electron chi connectivity index (χ3n) is 4.52. The van der Waals surface area contributed by atoms with E-state index in [0.717, 1.165) is 11.3 Å². The Bertz CT molecular complexity index is 471. The van der Waals surface area contributed by atoms with Gasteiger partial charge in [0.15, 0.2) is 0 Å². The summed E-state index contributed by atoms with van der Waals surface area (Å²) in [5, 5.41) is 12.6. The maximum atomic E-state index is 12.2. The highest BCUT2D eigenvalue weighted by Crippen LogP contribution is 2.55. The van der Waals surface area contributed by atoms with Crippen LogP contribution in [0.5, 0.6) is 5.75 Å². The molecular weight excluding hydrogens is 226 g/mol. The molecule has 1 amide bonds. The zero-order valence-electron chi connectivity index (χ0n) is 10.6. The number of hydrogen-bond donors (Lipinski definition) is 2. The molecule has 2 fully saturated rings. The second-order valence-electron chi connectivity index (χ2n) is 5.58. The Morgan fingerprint density at radius 1 is 1.28 bits per heavy atom. The molecule has 3 nitrogen and oxygen atoms in total. The molecule has 0 radical (unpaired) electrons. The van der Waals surface area contributed by atoms with Crippen LogP contribution < -0.4 is 5.32 Å². The Balaban J connectivity index is 1.70. The maximum Gasteiger partial charge on any atom is 0.228 e. The van der Waals surface area contributed by atoms with E-state index in [0.29, 0.717) is 11.8 Å². The number of phenolic OH excluding ortho intramolecular Hbond substituents is 1. The summed E-state index contributed by atoms with van der Waals surface area (Å²) >= 11 is 0. The first-order valence-electron chi connectivity index (χ1n) is 6.78. The third kappa shape index (κ3) is 1.88. The Labute approximate surface area is 107 Å². The molecule has 0 aliphatic heterocycles. The number of benzene rings is 1. The molecule has 2 atom stereocenters. The Morgan fingerprint density at radius 3 is 2.61 bits per heavy atom. The molecular formula is C15H19NO2. The summed E-state index contributed by atoms with van der Waals surface area (Å²) in [6, 6.07) is 5.25. The van der Waals surface area contributed by atoms with E-state index in [2.05, 4.69) is 5.32 Å². The fraction of sp³-hybridized carbons (Fsp3) is 0.533. The van der Waals surface area contributed by atoms with Gasteiger partial charge in [0.2, 0.25) is 5.91 Å². The topological polar surface area (TPSA) is 49.3 Å². The Kier molecular flexibility index (Phi) is 2.77. The number of hydrogen-bond acceptors (Lipinski definition) is 2. The normalized spacial score (nSPS) is 29.5. The fourth-order valence-electron chi connectivity index (χ4n) is 3.36. The lowest BCUT2D eigenvalue weighted by Crippen LogP contribution is -2.16. The monoisotopic (exact) mass is 245 g/mol. The zero-order chi connectivity index (χ0) is 12.7. The van der Waals surface area contributed by atoms with E-state index in [9.17, 15) is 9.90 Å². The van der Waals surface area contributed by atoms with Gasteiger partial charge in [-0.2, -0.15) is 0 Å². The van der Waals surface area contributed by atoms with Gasteiger partial charge in [-0.3, -0.25) is 4.79 Å². The zero-order valence-corrected chi connectivity index (χ0v) is 10.6. The lowest BCUT2D eigenvalue weighted by Gasteiger charge is -2.09. The molecule has 0 bridgehead atoms. The van der Waals surface area contributed by atoms with Crippen molar-refractivity contribution in [2.75, 3.05) is 5.32 Å². The predicted molar refractivity (Wildman–Crippen MR) is 70.4 cm³/mol. The number of fused-ring (bicyclic) bond motifs is 1. The molecule has 0 aromatic heterocycles. The van der Waals surface area contributed by atoms with Crippen molar-refractivity contribution in [2.45, 2.75) is 32.6 Å². The quantitative estimate of drug-likeness (QED) is 0.841. The largest absolute Gasteiger partial charge is 0.508 e. The van der Waals surface area contributed by atoms with Gasteiger partial charge in [-0.05, 0) is 43.7 Å². The highest BCUT2D eigenvalue weighted by molar-refractivity contribution is 5.95. The second kappa shape index (κ2) is 4.30. The van der Waals surface area contributed by atoms with E-state index in [1.807, 2.05) is 13.0 Å². The van der Waals surface area contributed by atoms with Crippen LogP contribution in [0.15, 0.2) is 18.2 Å². The average Bonchev–Trinajstić information content (AvgIpc) is 3.09. The van der Waals surface area contributed by atoms with Gasteiger partial charge < -0.3 is 10.4 Å². The van der Waals surface area contributed by atoms with Crippen LogP contribution in [-0.2, 0) is 4.79 Å². The molecule has 0 heterocycles. The lowest BCUT2D eigenvalue weighted by atomic mass is 10.0. The van der Waals surface area contributed by atoms with Gasteiger partial charge in [0.05, 0.1) is 0 Å². The summed E-state index contributed by atoms with van der Waals surface area (Å²) in [6.07, 6.45) is 4.97. The molecule has 2 N–H and O–H groups in total. The number of carbonyl (C=O) groups excluding carboxylic acids is 1. The van der Waals surface area contributed by atoms with Crippen molar-refractivity contribution in [3.63, 3.8) is 0 Å². The molecule has 2 unspecified atom stereocenters. The predicted octanol–water partition coefficient (Wildman–Crippen LogP) is 3.08. The number of carbonyl (C=O) groups is 1. The molecule has 0 saturated heterocycles. The minimum Gasteiger partial charge on any atom is -0.508 e. The van der Waals surface area contributed by atoms with Crippen LogP contribution >= 0.6 is 0 Å². The van der Waals surface area contributed by atoms with Gasteiger partial charge in [0.25, 0.3) is 0 Å². The number of aromatic hydroxyl groups is 1. The maximum absolute atomic E-state index is 12.2. The van der Waals surface area contributed by atoms with Crippen molar-refractivity contribution in [3.8, 4) is 5.75 Å². The van der Waals surface area contributed by atoms with Crippen molar-refractivity contribution in [3.05, 3.63) is 23.8 Å². The summed E-state index contributed by atoms with van der Waals surface area (Å²) in [4.78, 5) is 12.2. The van der Waals surface area contributed by atoms with E-state index >= 15 is 0 Å². The van der Waals surface area contributed by atoms with E-state index in [1.165, 1.54) is 25.7 Å². The van der Waals surface area contributed by atoms with Crippen LogP contribution in [0.1, 0.15) is 31.2 Å². The summed E-state index contributed by atoms with van der Waals surface area (Å²) in [5.74, 6) is 1.84. The van der Waals surface area contributed by atoms with Crippen LogP contribution in [0.2, 0.25) is 0 Å². The Morgan fingerprint density at radius 2 is 1.94 bits per heavy atom. The smallest absolute Gasteiger partial charge is 0.228 e. The Hall–Kier alpha value is -1.51. The molecule has 3 heteroatoms. The number of nitrogens with one attached hydrogen (secondary N) is 1. The summed E-state index contributed by atoms with van der Waals surface area (Å²) in [6.45, 7) is 1.82. The first kappa shape index (κ1) is 11.6. The standard InChI is InChI=1S/C15H19NO2/c1-9-12(7-4-8-13(9)17)16-15(18)14-10-5-2-3-6-11(10)14/h4,7-8,10-11,14,17H,2-3,5-6H2,1H3,(H,16,18). The first-order chi connectivity index (χ1) is 8.68. The average molecular weight is 245 g/mol. The number of amides is 1. The first-order valence-corrected chi connectivity index (χ1v) is 6.78. The van der Waals surface area contributed by atoms with Gasteiger partial charge in [-0.15, -0.1) is 0 Å². The van der Waals surface area contributed by atoms with Crippen molar-refractivity contribution in [1.29, 1.82) is 0 Å². The third-order valence-corrected chi connectivity index (χ3v) is 4.52. The van der Waals surface area contributed by atoms with Gasteiger partial charge in [0, 0.05) is 17.2 Å². The van der Waals surface area contributed by atoms with Gasteiger partial charge >= 0.3 is 0 Å². The van der Waals surface area contributed by atoms with Crippen molar-refractivity contribution in [1.82, 2.24) is 0 Å². The number of anilines is 1. The van der Waals surface area contributed by atoms with Gasteiger partial charge in [0.1, 0.15) is 5.75 Å². The summed E-state index contributed by atoms with van der Waals surface area (Å²) in [7, 11) is 0. The minimum atomic E-state index is 0.139. The highest BCUT2D eigenvalue weighted by atomic mass is 16.3. The van der Waals surface area contributed by atoms with Crippen LogP contribution in [0, 0.1) is 24.7 Å². The van der Waals surface area contributed by atoms with Gasteiger partial charge in [-0.1, -0.05) is 18.9 Å². The highest BCUT2D eigenvalue weighted by Gasteiger charge is 2.54. The van der Waals surface area contributed by atoms with E-state index in [-0.39, 0.29) is 17.6 Å². The summed E-state index contributed by atoms with van der Waals surface area (Å²) < 4.78 is 0. The lowest BCUT2D eigenvalue weighted by molar-refractivity contribution is -0.117. The SMILES string of the molecule is Cc1c(O)cccc1NC(=O)C1C2CCCCC21. The number of rotatable bonds is 2. The second-order valence-corrected chi connectivity index (χ2v) is 5.58. The van der Waals surface area contributed by atoms with Crippen molar-refractivity contribution < 1.29 is 9.90 Å². The van der Waals surface area contributed by atoms with Crippen molar-refractivity contribution in [2.24, 2.45) is 17.8 Å². The molecule has 2 aliphatic carbocycles. The van der Waals surface area contributed by atoms with Gasteiger partial charge in [-0.25, -0.2) is 0 Å². The van der Waals surface area contributed by atoms with E-state index in [4.69, 9.17) is 0 Å². The molecule has 0 spiro atoms. The van der Waals surface area contributed by atoms with Crippen LogP contribution in [0.3, 0.4) is 0 Å². The van der Waals surface area contributed by atoms with E-state index in [1.54, 1.807) is 12.1 Å². The molecule has 1 aromatic rings. The molecule has 1 aromatic carbocycles. The fourth-order valence-corrected chi connectivity index (χ4v) is 3.36. The molecule has 2 saturated carbocycles. The minimum absolute atomic E-state index is 0.139. The van der Waals surface area contributed by atoms with Crippen LogP contribution in [-0.4, -0.2) is 11.0 Å².